The summed E-state index contributed by atoms with van der Waals surface area (Å²) in [7, 11) is 0. The lowest BCUT2D eigenvalue weighted by atomic mass is 9.71. The summed E-state index contributed by atoms with van der Waals surface area (Å²) in [5, 5.41) is 0. The van der Waals surface area contributed by atoms with Gasteiger partial charge in [-0.2, -0.15) is 0 Å². The molecule has 3 aromatic carbocycles. The molecule has 0 heterocycles. The molecule has 0 radical (unpaired) electrons. The summed E-state index contributed by atoms with van der Waals surface area (Å²) in [6.07, 6.45) is 13.2. The van der Waals surface area contributed by atoms with Gasteiger partial charge in [0.1, 0.15) is 0 Å². The average Bonchev–Trinajstić information content (AvgIpc) is 3.44. The van der Waals surface area contributed by atoms with Crippen molar-refractivity contribution in [2.45, 2.75) is 38.0 Å². The highest BCUT2D eigenvalue weighted by Crippen LogP contribution is 2.55. The zero-order valence-corrected chi connectivity index (χ0v) is 19.6. The zero-order chi connectivity index (χ0) is 22.6. The molecule has 2 unspecified atom stereocenters. The first kappa shape index (κ1) is 19.8. The maximum absolute atomic E-state index is 2.47. The normalized spacial score (nSPS) is 22.5. The highest BCUT2D eigenvalue weighted by atomic mass is 14.4. The Balaban J connectivity index is 1.40. The molecule has 0 aromatic heterocycles. The summed E-state index contributed by atoms with van der Waals surface area (Å²) in [5.74, 6) is 0.708. The van der Waals surface area contributed by atoms with Crippen molar-refractivity contribution in [1.29, 1.82) is 0 Å². The molecule has 34 heavy (non-hydrogen) atoms. The van der Waals surface area contributed by atoms with Crippen molar-refractivity contribution < 1.29 is 0 Å². The van der Waals surface area contributed by atoms with Gasteiger partial charge in [0.25, 0.3) is 0 Å². The summed E-state index contributed by atoms with van der Waals surface area (Å²) in [5.41, 5.74) is 16.4. The van der Waals surface area contributed by atoms with Gasteiger partial charge in [0.2, 0.25) is 0 Å². The van der Waals surface area contributed by atoms with E-state index >= 15 is 0 Å². The number of rotatable bonds is 3. The van der Waals surface area contributed by atoms with Crippen LogP contribution in [0.15, 0.2) is 131 Å². The van der Waals surface area contributed by atoms with Gasteiger partial charge in [-0.15, -0.1) is 0 Å². The number of benzene rings is 3. The van der Waals surface area contributed by atoms with Gasteiger partial charge < -0.3 is 0 Å². The van der Waals surface area contributed by atoms with Crippen LogP contribution in [0.3, 0.4) is 0 Å². The van der Waals surface area contributed by atoms with Crippen LogP contribution in [0.25, 0.3) is 17.2 Å². The SMILES string of the molecule is CC1=C2CCC3=C(C4C=Cc5c(-c6ccccc6)cccc54)C=CC(=C2C3c2ccccc2)C1. The van der Waals surface area contributed by atoms with Crippen LogP contribution in [0.1, 0.15) is 54.7 Å². The third-order valence-corrected chi connectivity index (χ3v) is 8.24. The first-order valence-corrected chi connectivity index (χ1v) is 12.5. The molecule has 0 saturated heterocycles. The standard InChI is InChI=1S/C34H28/c1-22-21-25-15-16-31(32-20-17-26(22)34(25)33(32)24-11-6-3-7-12-24)30-19-18-29-27(13-8-14-28(29)30)23-9-4-2-5-10-23/h2-16,18-19,30,33H,17,20-21H2,1H3. The third-order valence-electron chi connectivity index (χ3n) is 8.24. The third kappa shape index (κ3) is 2.91. The minimum absolute atomic E-state index is 0.322. The van der Waals surface area contributed by atoms with Crippen molar-refractivity contribution >= 4 is 6.08 Å². The van der Waals surface area contributed by atoms with Gasteiger partial charge in [0, 0.05) is 11.8 Å². The molecule has 0 N–H and O–H groups in total. The Labute approximate surface area is 202 Å². The molecule has 2 atom stereocenters. The van der Waals surface area contributed by atoms with Crippen molar-refractivity contribution in [3.8, 4) is 11.1 Å². The Bertz CT molecular complexity index is 1450. The predicted octanol–water partition coefficient (Wildman–Crippen LogP) is 8.92. The van der Waals surface area contributed by atoms with Crippen molar-refractivity contribution in [3.05, 3.63) is 147 Å². The van der Waals surface area contributed by atoms with Crippen LogP contribution in [-0.2, 0) is 0 Å². The maximum atomic E-state index is 2.47. The molecular formula is C34H28. The number of fused-ring (bicyclic) bond motifs is 2. The summed E-state index contributed by atoms with van der Waals surface area (Å²) in [4.78, 5) is 0. The van der Waals surface area contributed by atoms with E-state index in [0.717, 1.165) is 12.8 Å². The molecule has 4 aliphatic rings. The topological polar surface area (TPSA) is 0 Å². The van der Waals surface area contributed by atoms with Crippen molar-refractivity contribution in [3.63, 3.8) is 0 Å². The molecule has 0 nitrogen and oxygen atoms in total. The molecule has 0 heteroatoms. The van der Waals surface area contributed by atoms with Crippen LogP contribution in [-0.4, -0.2) is 0 Å². The minimum atomic E-state index is 0.322. The lowest BCUT2D eigenvalue weighted by molar-refractivity contribution is 0.735. The van der Waals surface area contributed by atoms with E-state index in [2.05, 4.69) is 110 Å². The zero-order valence-electron chi connectivity index (χ0n) is 19.6. The van der Waals surface area contributed by atoms with Crippen molar-refractivity contribution in [2.75, 3.05) is 0 Å². The maximum Gasteiger partial charge on any atom is 0.0310 e. The van der Waals surface area contributed by atoms with Gasteiger partial charge in [-0.05, 0) is 76.3 Å². The van der Waals surface area contributed by atoms with E-state index in [1.165, 1.54) is 45.4 Å². The molecule has 3 aromatic rings. The monoisotopic (exact) mass is 436 g/mol. The van der Waals surface area contributed by atoms with Gasteiger partial charge in [-0.1, -0.05) is 114 Å². The van der Waals surface area contributed by atoms with Gasteiger partial charge in [-0.25, -0.2) is 0 Å². The number of allylic oxidation sites excluding steroid dienone is 9. The molecule has 164 valence electrons. The molecule has 1 fully saturated rings. The summed E-state index contributed by atoms with van der Waals surface area (Å²) in [6.45, 7) is 2.34. The first-order valence-electron chi connectivity index (χ1n) is 12.5. The van der Waals surface area contributed by atoms with E-state index in [-0.39, 0.29) is 0 Å². The van der Waals surface area contributed by atoms with E-state index in [4.69, 9.17) is 0 Å². The molecule has 0 aliphatic heterocycles. The fourth-order valence-corrected chi connectivity index (χ4v) is 6.75. The van der Waals surface area contributed by atoms with Crippen molar-refractivity contribution in [1.82, 2.24) is 0 Å². The van der Waals surface area contributed by atoms with Gasteiger partial charge >= 0.3 is 0 Å². The average molecular weight is 437 g/mol. The summed E-state index contributed by atoms with van der Waals surface area (Å²) >= 11 is 0. The molecule has 4 aliphatic carbocycles. The van der Waals surface area contributed by atoms with Gasteiger partial charge in [0.05, 0.1) is 0 Å². The summed E-state index contributed by atoms with van der Waals surface area (Å²) < 4.78 is 0. The molecule has 1 saturated carbocycles. The van der Waals surface area contributed by atoms with Crippen LogP contribution in [0.2, 0.25) is 0 Å². The van der Waals surface area contributed by atoms with Crippen molar-refractivity contribution in [2.24, 2.45) is 0 Å². The Kier molecular flexibility index (Phi) is 4.49. The Hall–Kier alpha value is -3.64. The second kappa shape index (κ2) is 7.71. The van der Waals surface area contributed by atoms with Crippen LogP contribution < -0.4 is 0 Å². The number of hydrogen-bond donors (Lipinski definition) is 0. The van der Waals surface area contributed by atoms with Crippen LogP contribution >= 0.6 is 0 Å². The minimum Gasteiger partial charge on any atom is -0.0720 e. The van der Waals surface area contributed by atoms with Crippen LogP contribution in [0.4, 0.5) is 0 Å². The Morgan fingerprint density at radius 1 is 0.735 bits per heavy atom. The smallest absolute Gasteiger partial charge is 0.0310 e. The van der Waals surface area contributed by atoms with E-state index in [1.54, 1.807) is 22.3 Å². The molecule has 0 amide bonds. The summed E-state index contributed by atoms with van der Waals surface area (Å²) in [6, 6.07) is 28.9. The second-order valence-electron chi connectivity index (χ2n) is 10.0. The van der Waals surface area contributed by atoms with E-state index in [9.17, 15) is 0 Å². The fraction of sp³-hybridized carbons (Fsp3) is 0.176. The Morgan fingerprint density at radius 2 is 1.53 bits per heavy atom. The van der Waals surface area contributed by atoms with E-state index in [1.807, 2.05) is 0 Å². The fourth-order valence-electron chi connectivity index (χ4n) is 6.75. The lowest BCUT2D eigenvalue weighted by Crippen LogP contribution is -2.16. The van der Waals surface area contributed by atoms with E-state index in [0.29, 0.717) is 11.8 Å². The lowest BCUT2D eigenvalue weighted by Gasteiger charge is -2.33. The van der Waals surface area contributed by atoms with Crippen LogP contribution in [0, 0.1) is 0 Å². The molecule has 7 rings (SSSR count). The second-order valence-corrected chi connectivity index (χ2v) is 10.0. The van der Waals surface area contributed by atoms with E-state index < -0.39 is 0 Å². The largest absolute Gasteiger partial charge is 0.0720 e. The van der Waals surface area contributed by atoms with Gasteiger partial charge in [-0.3, -0.25) is 0 Å². The number of hydrogen-bond acceptors (Lipinski definition) is 0. The highest BCUT2D eigenvalue weighted by Gasteiger charge is 2.38. The van der Waals surface area contributed by atoms with Crippen LogP contribution in [0.5, 0.6) is 0 Å². The highest BCUT2D eigenvalue weighted by molar-refractivity contribution is 5.82. The van der Waals surface area contributed by atoms with Gasteiger partial charge in [0.15, 0.2) is 0 Å². The quantitative estimate of drug-likeness (QED) is 0.384. The molecule has 0 spiro atoms. The first-order chi connectivity index (χ1) is 16.8. The molecule has 2 bridgehead atoms. The predicted molar refractivity (Wildman–Crippen MR) is 143 cm³/mol. The molecular weight excluding hydrogens is 408 g/mol. The Morgan fingerprint density at radius 3 is 2.35 bits per heavy atom.